The van der Waals surface area contributed by atoms with Gasteiger partial charge in [0.1, 0.15) is 5.60 Å². The molecule has 1 fully saturated rings. The summed E-state index contributed by atoms with van der Waals surface area (Å²) in [7, 11) is 1.39. The highest BCUT2D eigenvalue weighted by Gasteiger charge is 2.28. The zero-order valence-electron chi connectivity index (χ0n) is 22.9. The maximum absolute atomic E-state index is 13.0. The smallest absolute Gasteiger partial charge is 0.337 e. The van der Waals surface area contributed by atoms with Crippen LogP contribution in [0.1, 0.15) is 86.7 Å². The Bertz CT molecular complexity index is 1320. The van der Waals surface area contributed by atoms with E-state index in [1.807, 2.05) is 39.0 Å². The van der Waals surface area contributed by atoms with Crippen LogP contribution in [0.25, 0.3) is 22.2 Å². The molecule has 0 aliphatic heterocycles. The third kappa shape index (κ3) is 5.82. The molecule has 0 atom stereocenters. The van der Waals surface area contributed by atoms with Gasteiger partial charge in [-0.1, -0.05) is 62.6 Å². The first-order valence-corrected chi connectivity index (χ1v) is 13.3. The molecule has 0 bridgehead atoms. The topological polar surface area (TPSA) is 57.5 Å². The molecule has 1 heterocycles. The predicted octanol–water partition coefficient (Wildman–Crippen LogP) is 7.74. The molecule has 196 valence electrons. The Morgan fingerprint density at radius 3 is 2.32 bits per heavy atom. The Labute approximate surface area is 220 Å². The summed E-state index contributed by atoms with van der Waals surface area (Å²) in [6.07, 6.45) is 7.19. The highest BCUT2D eigenvalue weighted by Crippen LogP contribution is 2.44. The number of methoxy groups -OCH3 is 1. The molecule has 1 aromatic heterocycles. The van der Waals surface area contributed by atoms with Gasteiger partial charge in [-0.05, 0) is 69.7 Å². The van der Waals surface area contributed by atoms with Crippen molar-refractivity contribution in [3.63, 3.8) is 0 Å². The predicted molar refractivity (Wildman–Crippen MR) is 149 cm³/mol. The van der Waals surface area contributed by atoms with E-state index in [-0.39, 0.29) is 12.5 Å². The maximum atomic E-state index is 13.0. The first-order valence-electron chi connectivity index (χ1n) is 13.3. The number of aryl methyl sites for hydroxylation is 1. The molecule has 4 rings (SSSR count). The number of ether oxygens (including phenoxy) is 2. The number of benzene rings is 2. The minimum atomic E-state index is -0.610. The molecule has 1 saturated carbocycles. The highest BCUT2D eigenvalue weighted by molar-refractivity contribution is 5.99. The minimum Gasteiger partial charge on any atom is -0.465 e. The number of aromatic nitrogens is 1. The lowest BCUT2D eigenvalue weighted by molar-refractivity contribution is -0.150. The third-order valence-electron chi connectivity index (χ3n) is 7.22. The second kappa shape index (κ2) is 11.0. The number of esters is 2. The van der Waals surface area contributed by atoms with Crippen LogP contribution >= 0.6 is 0 Å². The summed E-state index contributed by atoms with van der Waals surface area (Å²) >= 11 is 0. The molecule has 5 heteroatoms. The van der Waals surface area contributed by atoms with Crippen molar-refractivity contribution in [2.75, 3.05) is 7.11 Å². The fourth-order valence-electron chi connectivity index (χ4n) is 5.50. The van der Waals surface area contributed by atoms with Gasteiger partial charge in [-0.25, -0.2) is 9.59 Å². The highest BCUT2D eigenvalue weighted by atomic mass is 16.6. The molecule has 0 spiro atoms. The summed E-state index contributed by atoms with van der Waals surface area (Å²) in [5.74, 6) is -0.390. The lowest BCUT2D eigenvalue weighted by Crippen LogP contribution is -2.26. The summed E-state index contributed by atoms with van der Waals surface area (Å²) in [4.78, 5) is 25.5. The van der Waals surface area contributed by atoms with Gasteiger partial charge in [0.05, 0.1) is 24.9 Å². The van der Waals surface area contributed by atoms with E-state index in [4.69, 9.17) is 9.47 Å². The van der Waals surface area contributed by atoms with E-state index in [2.05, 4.69) is 42.3 Å². The van der Waals surface area contributed by atoms with Gasteiger partial charge < -0.3 is 14.0 Å². The second-order valence-electron chi connectivity index (χ2n) is 11.2. The molecule has 3 aromatic rings. The Balaban J connectivity index is 1.98. The third-order valence-corrected chi connectivity index (χ3v) is 7.22. The van der Waals surface area contributed by atoms with Crippen LogP contribution in [0.15, 0.2) is 54.6 Å². The Morgan fingerprint density at radius 2 is 1.70 bits per heavy atom. The number of carbonyl (C=O) groups is 2. The monoisotopic (exact) mass is 501 g/mol. The van der Waals surface area contributed by atoms with E-state index in [1.54, 1.807) is 0 Å². The molecule has 0 saturated heterocycles. The van der Waals surface area contributed by atoms with Gasteiger partial charge in [0.2, 0.25) is 0 Å². The zero-order valence-corrected chi connectivity index (χ0v) is 22.9. The molecule has 37 heavy (non-hydrogen) atoms. The molecular formula is C32H39NO4. The van der Waals surface area contributed by atoms with Crippen molar-refractivity contribution >= 4 is 22.8 Å². The average Bonchev–Trinajstić information content (AvgIpc) is 2.99. The van der Waals surface area contributed by atoms with Crippen LogP contribution < -0.4 is 0 Å². The minimum absolute atomic E-state index is 0.270. The quantitative estimate of drug-likeness (QED) is 0.197. The van der Waals surface area contributed by atoms with Crippen molar-refractivity contribution in [2.45, 2.75) is 84.3 Å². The number of nitrogens with zero attached hydrogens (tertiary/aromatic N) is 1. The van der Waals surface area contributed by atoms with Gasteiger partial charge in [-0.15, -0.1) is 0 Å². The van der Waals surface area contributed by atoms with Crippen LogP contribution in [0.5, 0.6) is 0 Å². The van der Waals surface area contributed by atoms with Crippen LogP contribution in [0.3, 0.4) is 0 Å². The van der Waals surface area contributed by atoms with Gasteiger partial charge in [0.15, 0.2) is 0 Å². The van der Waals surface area contributed by atoms with Crippen molar-refractivity contribution in [3.05, 3.63) is 71.3 Å². The lowest BCUT2D eigenvalue weighted by atomic mass is 9.87. The summed E-state index contributed by atoms with van der Waals surface area (Å²) < 4.78 is 12.8. The van der Waals surface area contributed by atoms with E-state index < -0.39 is 11.6 Å². The van der Waals surface area contributed by atoms with Crippen LogP contribution in [0.4, 0.5) is 0 Å². The van der Waals surface area contributed by atoms with Crippen molar-refractivity contribution in [1.82, 2.24) is 4.57 Å². The number of hydrogen-bond donors (Lipinski definition) is 0. The van der Waals surface area contributed by atoms with Gasteiger partial charge in [-0.3, -0.25) is 0 Å². The van der Waals surface area contributed by atoms with Crippen LogP contribution in [0.2, 0.25) is 0 Å². The Morgan fingerprint density at radius 1 is 1.03 bits per heavy atom. The largest absolute Gasteiger partial charge is 0.465 e. The van der Waals surface area contributed by atoms with Crippen LogP contribution in [-0.2, 0) is 20.8 Å². The molecular weight excluding hydrogens is 462 g/mol. The number of fused-ring (bicyclic) bond motifs is 1. The van der Waals surface area contributed by atoms with Crippen molar-refractivity contribution < 1.29 is 19.1 Å². The van der Waals surface area contributed by atoms with Crippen LogP contribution in [-0.4, -0.2) is 29.2 Å². The van der Waals surface area contributed by atoms with Crippen LogP contribution in [0, 0.1) is 6.92 Å². The molecule has 5 nitrogen and oxygen atoms in total. The van der Waals surface area contributed by atoms with E-state index in [0.29, 0.717) is 17.1 Å². The standard InChI is InChI=1S/C32H39NO4/c1-21-13-11-12-16-25(21)29-28(23-14-9-7-8-10-15-23)26-18-17-24(31(35)36-6)19-27(26)33(29)20-22(2)30(34)37-32(3,4)5/h11-13,16-19,23H,2,7-10,14-15,20H2,1,3-6H3. The fourth-order valence-corrected chi connectivity index (χ4v) is 5.50. The normalized spacial score (nSPS) is 14.8. The Kier molecular flexibility index (Phi) is 7.91. The second-order valence-corrected chi connectivity index (χ2v) is 11.2. The number of rotatable bonds is 6. The molecule has 0 N–H and O–H groups in total. The fraction of sp³-hybridized carbons (Fsp3) is 0.438. The molecule has 1 aliphatic rings. The number of carbonyl (C=O) groups excluding carboxylic acids is 2. The summed E-state index contributed by atoms with van der Waals surface area (Å²) in [5, 5.41) is 1.12. The molecule has 2 aromatic carbocycles. The van der Waals surface area contributed by atoms with Crippen molar-refractivity contribution in [3.8, 4) is 11.3 Å². The van der Waals surface area contributed by atoms with Gasteiger partial charge >= 0.3 is 11.9 Å². The van der Waals surface area contributed by atoms with Gasteiger partial charge in [0.25, 0.3) is 0 Å². The van der Waals surface area contributed by atoms with E-state index >= 15 is 0 Å². The molecule has 0 amide bonds. The van der Waals surface area contributed by atoms with E-state index in [1.165, 1.54) is 38.4 Å². The lowest BCUT2D eigenvalue weighted by Gasteiger charge is -2.22. The SMILES string of the molecule is C=C(Cn1c(-c2ccccc2C)c(C2CCCCCC2)c2ccc(C(=O)OC)cc21)C(=O)OC(C)(C)C. The van der Waals surface area contributed by atoms with E-state index in [9.17, 15) is 9.59 Å². The van der Waals surface area contributed by atoms with E-state index in [0.717, 1.165) is 40.6 Å². The molecule has 1 aliphatic carbocycles. The molecule has 0 radical (unpaired) electrons. The van der Waals surface area contributed by atoms with Gasteiger partial charge in [-0.2, -0.15) is 0 Å². The molecule has 0 unspecified atom stereocenters. The summed E-state index contributed by atoms with van der Waals surface area (Å²) in [6.45, 7) is 12.1. The first-order chi connectivity index (χ1) is 17.6. The number of hydrogen-bond acceptors (Lipinski definition) is 4. The van der Waals surface area contributed by atoms with Crippen molar-refractivity contribution in [2.24, 2.45) is 0 Å². The van der Waals surface area contributed by atoms with Gasteiger partial charge in [0, 0.05) is 22.0 Å². The summed E-state index contributed by atoms with van der Waals surface area (Å²) in [5.41, 5.74) is 5.86. The average molecular weight is 502 g/mol. The Hall–Kier alpha value is -3.34. The summed E-state index contributed by atoms with van der Waals surface area (Å²) in [6, 6.07) is 14.2. The maximum Gasteiger partial charge on any atom is 0.337 e. The first kappa shape index (κ1) is 26.7. The van der Waals surface area contributed by atoms with Crippen molar-refractivity contribution in [1.29, 1.82) is 0 Å². The zero-order chi connectivity index (χ0) is 26.7.